The smallest absolute Gasteiger partial charge is 0.408 e. The van der Waals surface area contributed by atoms with Gasteiger partial charge >= 0.3 is 12.1 Å². The zero-order valence-electron chi connectivity index (χ0n) is 15.5. The van der Waals surface area contributed by atoms with Crippen LogP contribution in [0.1, 0.15) is 51.8 Å². The van der Waals surface area contributed by atoms with E-state index in [2.05, 4.69) is 19.2 Å². The highest BCUT2D eigenvalue weighted by molar-refractivity contribution is 5.78. The van der Waals surface area contributed by atoms with E-state index in [0.29, 0.717) is 12.0 Å². The Bertz CT molecular complexity index is 603. The lowest BCUT2D eigenvalue weighted by Crippen LogP contribution is -2.36. The third-order valence-corrected chi connectivity index (χ3v) is 3.67. The molecular formula is C19H27NO5. The van der Waals surface area contributed by atoms with Crippen LogP contribution in [0.5, 0.6) is 0 Å². The van der Waals surface area contributed by atoms with Crippen molar-refractivity contribution in [1.82, 2.24) is 5.32 Å². The first-order valence-electron chi connectivity index (χ1n) is 8.52. The van der Waals surface area contributed by atoms with Gasteiger partial charge in [-0.3, -0.25) is 4.79 Å². The van der Waals surface area contributed by atoms with Gasteiger partial charge in [0.05, 0.1) is 6.10 Å². The van der Waals surface area contributed by atoms with E-state index in [9.17, 15) is 9.59 Å². The van der Waals surface area contributed by atoms with Gasteiger partial charge in [0.25, 0.3) is 0 Å². The molecule has 1 N–H and O–H groups in total. The van der Waals surface area contributed by atoms with Crippen LogP contribution in [0, 0.1) is 5.92 Å². The summed E-state index contributed by atoms with van der Waals surface area (Å²) in [4.78, 5) is 23.1. The van der Waals surface area contributed by atoms with Crippen LogP contribution in [-0.4, -0.2) is 30.3 Å². The molecule has 6 heteroatoms. The normalized spacial score (nSPS) is 19.4. The van der Waals surface area contributed by atoms with Gasteiger partial charge < -0.3 is 19.5 Å². The Morgan fingerprint density at radius 2 is 1.84 bits per heavy atom. The molecule has 0 aromatic heterocycles. The zero-order chi connectivity index (χ0) is 18.6. The van der Waals surface area contributed by atoms with E-state index in [-0.39, 0.29) is 19.3 Å². The number of amides is 1. The number of carbonyl (C=O) groups is 2. The van der Waals surface area contributed by atoms with Crippen LogP contribution >= 0.6 is 0 Å². The van der Waals surface area contributed by atoms with Crippen molar-refractivity contribution < 1.29 is 23.8 Å². The third kappa shape index (κ3) is 6.38. The number of esters is 1. The van der Waals surface area contributed by atoms with Crippen molar-refractivity contribution in [3.8, 4) is 0 Å². The zero-order valence-corrected chi connectivity index (χ0v) is 15.5. The van der Waals surface area contributed by atoms with Crippen LogP contribution in [0.25, 0.3) is 0 Å². The van der Waals surface area contributed by atoms with Crippen molar-refractivity contribution in [1.29, 1.82) is 0 Å². The van der Waals surface area contributed by atoms with Crippen LogP contribution in [-0.2, 0) is 25.6 Å². The number of nitrogens with one attached hydrogen (secondary N) is 1. The number of hydrogen-bond acceptors (Lipinski definition) is 5. The van der Waals surface area contributed by atoms with Gasteiger partial charge in [-0.05, 0) is 37.8 Å². The predicted octanol–water partition coefficient (Wildman–Crippen LogP) is 3.35. The number of carbonyl (C=O) groups excluding carboxylic acids is 2. The molecule has 1 aliphatic rings. The fourth-order valence-electron chi connectivity index (χ4n) is 2.38. The van der Waals surface area contributed by atoms with Gasteiger partial charge in [0, 0.05) is 0 Å². The summed E-state index contributed by atoms with van der Waals surface area (Å²) < 4.78 is 15.8. The molecule has 1 fully saturated rings. The Morgan fingerprint density at radius 1 is 1.20 bits per heavy atom. The van der Waals surface area contributed by atoms with E-state index >= 15 is 0 Å². The van der Waals surface area contributed by atoms with Gasteiger partial charge in [0.1, 0.15) is 24.9 Å². The number of rotatable bonds is 6. The molecule has 2 rings (SSSR count). The number of alkyl carbamates (subject to hydrolysis) is 1. The molecule has 6 nitrogen and oxygen atoms in total. The molecular weight excluding hydrogens is 322 g/mol. The van der Waals surface area contributed by atoms with Crippen LogP contribution < -0.4 is 5.32 Å². The molecule has 2 atom stereocenters. The van der Waals surface area contributed by atoms with Gasteiger partial charge in [-0.25, -0.2) is 4.79 Å². The van der Waals surface area contributed by atoms with Crippen molar-refractivity contribution in [3.63, 3.8) is 0 Å². The molecule has 1 amide bonds. The summed E-state index contributed by atoms with van der Waals surface area (Å²) in [5, 5.41) is 2.37. The second kappa shape index (κ2) is 7.87. The molecule has 1 heterocycles. The average molecular weight is 349 g/mol. The van der Waals surface area contributed by atoms with Crippen LogP contribution in [0.4, 0.5) is 4.79 Å². The summed E-state index contributed by atoms with van der Waals surface area (Å²) in [6, 6.07) is 7.83. The van der Waals surface area contributed by atoms with Crippen LogP contribution in [0.15, 0.2) is 24.3 Å². The maximum atomic E-state index is 11.7. The Balaban J connectivity index is 1.70. The van der Waals surface area contributed by atoms with E-state index in [4.69, 9.17) is 14.2 Å². The fraction of sp³-hybridized carbons (Fsp3) is 0.579. The highest BCUT2D eigenvalue weighted by atomic mass is 16.6. The third-order valence-electron chi connectivity index (χ3n) is 3.67. The maximum absolute atomic E-state index is 11.7. The first-order chi connectivity index (χ1) is 11.7. The summed E-state index contributed by atoms with van der Waals surface area (Å²) in [6.45, 7) is 9.49. The lowest BCUT2D eigenvalue weighted by Gasteiger charge is -2.19. The minimum atomic E-state index is -0.641. The maximum Gasteiger partial charge on any atom is 0.408 e. The lowest BCUT2D eigenvalue weighted by atomic mass is 10.0. The first-order valence-corrected chi connectivity index (χ1v) is 8.52. The van der Waals surface area contributed by atoms with Crippen molar-refractivity contribution in [3.05, 3.63) is 35.4 Å². The lowest BCUT2D eigenvalue weighted by molar-refractivity contribution is -0.143. The highest BCUT2D eigenvalue weighted by Gasteiger charge is 2.41. The molecule has 0 unspecified atom stereocenters. The van der Waals surface area contributed by atoms with E-state index in [1.807, 2.05) is 24.3 Å². The summed E-state index contributed by atoms with van der Waals surface area (Å²) in [7, 11) is 0. The fourth-order valence-corrected chi connectivity index (χ4v) is 2.38. The molecule has 0 radical (unpaired) electrons. The van der Waals surface area contributed by atoms with E-state index in [1.54, 1.807) is 20.8 Å². The number of benzene rings is 1. The number of epoxide rings is 1. The van der Waals surface area contributed by atoms with Crippen molar-refractivity contribution in [2.45, 2.75) is 59.0 Å². The number of hydrogen-bond donors (Lipinski definition) is 1. The Hall–Kier alpha value is -2.08. The largest absolute Gasteiger partial charge is 0.460 e. The van der Waals surface area contributed by atoms with Gasteiger partial charge in [-0.2, -0.15) is 0 Å². The van der Waals surface area contributed by atoms with Gasteiger partial charge in [-0.15, -0.1) is 0 Å². The van der Waals surface area contributed by atoms with Crippen LogP contribution in [0.3, 0.4) is 0 Å². The minimum absolute atomic E-state index is 0.161. The summed E-state index contributed by atoms with van der Waals surface area (Å²) in [5.41, 5.74) is 1.42. The van der Waals surface area contributed by atoms with Crippen molar-refractivity contribution in [2.75, 3.05) is 6.54 Å². The monoisotopic (exact) mass is 349 g/mol. The first kappa shape index (κ1) is 19.2. The second-order valence-corrected chi connectivity index (χ2v) is 7.52. The SMILES string of the molecule is CC(C)[C@H]1O[C@@H]1c1ccc(COC(=O)CNC(=O)OC(C)(C)C)cc1. The highest BCUT2D eigenvalue weighted by Crippen LogP contribution is 2.42. The molecule has 0 bridgehead atoms. The molecule has 1 aliphatic heterocycles. The molecule has 0 saturated carbocycles. The van der Waals surface area contributed by atoms with E-state index in [0.717, 1.165) is 11.1 Å². The summed E-state index contributed by atoms with van der Waals surface area (Å²) in [6.07, 6.45) is -0.171. The Morgan fingerprint density at radius 3 is 2.36 bits per heavy atom. The molecule has 138 valence electrons. The number of ether oxygens (including phenoxy) is 3. The average Bonchev–Trinajstić information content (AvgIpc) is 3.30. The van der Waals surface area contributed by atoms with Gasteiger partial charge in [0.2, 0.25) is 0 Å². The van der Waals surface area contributed by atoms with E-state index < -0.39 is 17.7 Å². The quantitative estimate of drug-likeness (QED) is 0.629. The molecule has 1 aromatic rings. The molecule has 25 heavy (non-hydrogen) atoms. The minimum Gasteiger partial charge on any atom is -0.460 e. The van der Waals surface area contributed by atoms with Crippen LogP contribution in [0.2, 0.25) is 0 Å². The summed E-state index contributed by atoms with van der Waals surface area (Å²) >= 11 is 0. The van der Waals surface area contributed by atoms with Gasteiger partial charge in [0.15, 0.2) is 0 Å². The standard InChI is InChI=1S/C19H27NO5/c1-12(2)16-17(24-16)14-8-6-13(7-9-14)11-23-15(21)10-20-18(22)25-19(3,4)5/h6-9,12,16-17H,10-11H2,1-5H3,(H,20,22)/t16-,17-/m1/s1. The van der Waals surface area contributed by atoms with E-state index in [1.165, 1.54) is 0 Å². The molecule has 1 saturated heterocycles. The molecule has 0 spiro atoms. The topological polar surface area (TPSA) is 77.2 Å². The van der Waals surface area contributed by atoms with Crippen molar-refractivity contribution in [2.24, 2.45) is 5.92 Å². The Kier molecular flexibility index (Phi) is 6.06. The molecule has 0 aliphatic carbocycles. The Labute approximate surface area is 148 Å². The second-order valence-electron chi connectivity index (χ2n) is 7.52. The van der Waals surface area contributed by atoms with Crippen molar-refractivity contribution >= 4 is 12.1 Å². The molecule has 1 aromatic carbocycles. The summed E-state index contributed by atoms with van der Waals surface area (Å²) in [5.74, 6) is -0.0107. The van der Waals surface area contributed by atoms with Gasteiger partial charge in [-0.1, -0.05) is 38.1 Å². The predicted molar refractivity (Wildman–Crippen MR) is 92.9 cm³/mol.